The van der Waals surface area contributed by atoms with Crippen LogP contribution in [0, 0.1) is 18.3 Å². The molecule has 12 heavy (non-hydrogen) atoms. The monoisotopic (exact) mass is 162 g/mol. The minimum absolute atomic E-state index is 0.139. The number of hydrogen-bond donors (Lipinski definition) is 1. The molecular weight excluding hydrogens is 152 g/mol. The molecule has 0 radical (unpaired) electrons. The summed E-state index contributed by atoms with van der Waals surface area (Å²) < 4.78 is 0. The SMILES string of the molecule is Cc1cc(C(C#N)CO)ccn1. The van der Waals surface area contributed by atoms with Gasteiger partial charge in [-0.25, -0.2) is 0 Å². The van der Waals surface area contributed by atoms with E-state index >= 15 is 0 Å². The third-order valence-electron chi connectivity index (χ3n) is 1.66. The molecule has 0 saturated heterocycles. The molecule has 1 N–H and O–H groups in total. The number of aromatic nitrogens is 1. The second-order valence-corrected chi connectivity index (χ2v) is 2.59. The van der Waals surface area contributed by atoms with Gasteiger partial charge in [0.1, 0.15) is 0 Å². The highest BCUT2D eigenvalue weighted by Gasteiger charge is 2.08. The van der Waals surface area contributed by atoms with Crippen molar-refractivity contribution in [1.29, 1.82) is 5.26 Å². The molecule has 1 aromatic heterocycles. The van der Waals surface area contributed by atoms with Crippen molar-refractivity contribution in [3.63, 3.8) is 0 Å². The van der Waals surface area contributed by atoms with Gasteiger partial charge in [-0.05, 0) is 24.6 Å². The fourth-order valence-corrected chi connectivity index (χ4v) is 1.01. The number of aryl methyl sites for hydroxylation is 1. The summed E-state index contributed by atoms with van der Waals surface area (Å²) in [4.78, 5) is 4.00. The molecule has 1 heterocycles. The van der Waals surface area contributed by atoms with E-state index in [2.05, 4.69) is 4.98 Å². The molecule has 0 saturated carbocycles. The maximum absolute atomic E-state index is 8.83. The smallest absolute Gasteiger partial charge is 0.0944 e. The van der Waals surface area contributed by atoms with Crippen molar-refractivity contribution in [3.8, 4) is 6.07 Å². The first-order valence-corrected chi connectivity index (χ1v) is 3.71. The standard InChI is InChI=1S/C9H10N2O/c1-7-4-8(2-3-11-7)9(5-10)6-12/h2-4,9,12H,6H2,1H3. The Kier molecular flexibility index (Phi) is 2.78. The van der Waals surface area contributed by atoms with E-state index in [1.807, 2.05) is 19.1 Å². The Balaban J connectivity index is 2.95. The molecule has 0 aromatic carbocycles. The largest absolute Gasteiger partial charge is 0.395 e. The normalized spacial score (nSPS) is 12.1. The van der Waals surface area contributed by atoms with E-state index in [4.69, 9.17) is 10.4 Å². The van der Waals surface area contributed by atoms with E-state index in [0.717, 1.165) is 11.3 Å². The Morgan fingerprint density at radius 3 is 3.00 bits per heavy atom. The summed E-state index contributed by atoms with van der Waals surface area (Å²) in [5.74, 6) is -0.424. The quantitative estimate of drug-likeness (QED) is 0.705. The lowest BCUT2D eigenvalue weighted by atomic mass is 10.0. The van der Waals surface area contributed by atoms with Gasteiger partial charge in [-0.3, -0.25) is 4.98 Å². The van der Waals surface area contributed by atoms with E-state index in [1.54, 1.807) is 12.3 Å². The van der Waals surface area contributed by atoms with Crippen molar-refractivity contribution < 1.29 is 5.11 Å². The highest BCUT2D eigenvalue weighted by atomic mass is 16.3. The summed E-state index contributed by atoms with van der Waals surface area (Å²) in [7, 11) is 0. The van der Waals surface area contributed by atoms with Crippen molar-refractivity contribution >= 4 is 0 Å². The van der Waals surface area contributed by atoms with Gasteiger partial charge in [-0.2, -0.15) is 5.26 Å². The van der Waals surface area contributed by atoms with Crippen molar-refractivity contribution in [2.75, 3.05) is 6.61 Å². The third kappa shape index (κ3) is 1.80. The van der Waals surface area contributed by atoms with Crippen LogP contribution in [-0.2, 0) is 0 Å². The van der Waals surface area contributed by atoms with Crippen LogP contribution in [-0.4, -0.2) is 16.7 Å². The number of aliphatic hydroxyl groups excluding tert-OH is 1. The zero-order valence-corrected chi connectivity index (χ0v) is 6.86. The first-order valence-electron chi connectivity index (χ1n) is 3.71. The van der Waals surface area contributed by atoms with Crippen LogP contribution in [0.1, 0.15) is 17.2 Å². The van der Waals surface area contributed by atoms with Crippen molar-refractivity contribution in [3.05, 3.63) is 29.6 Å². The minimum atomic E-state index is -0.424. The molecule has 0 amide bonds. The van der Waals surface area contributed by atoms with Gasteiger partial charge in [-0.1, -0.05) is 0 Å². The minimum Gasteiger partial charge on any atom is -0.395 e. The lowest BCUT2D eigenvalue weighted by Crippen LogP contribution is -2.01. The molecule has 0 fully saturated rings. The van der Waals surface area contributed by atoms with Crippen LogP contribution in [0.15, 0.2) is 18.3 Å². The van der Waals surface area contributed by atoms with Gasteiger partial charge in [0, 0.05) is 11.9 Å². The van der Waals surface area contributed by atoms with Gasteiger partial charge in [0.05, 0.1) is 18.6 Å². The predicted octanol–water partition coefficient (Wildman–Crippen LogP) is 0.989. The van der Waals surface area contributed by atoms with Crippen LogP contribution >= 0.6 is 0 Å². The van der Waals surface area contributed by atoms with Gasteiger partial charge >= 0.3 is 0 Å². The molecule has 0 aliphatic carbocycles. The molecule has 3 nitrogen and oxygen atoms in total. The van der Waals surface area contributed by atoms with Crippen LogP contribution in [0.3, 0.4) is 0 Å². The summed E-state index contributed by atoms with van der Waals surface area (Å²) in [5, 5.41) is 17.5. The topological polar surface area (TPSA) is 56.9 Å². The van der Waals surface area contributed by atoms with E-state index in [9.17, 15) is 0 Å². The number of nitrogens with zero attached hydrogens (tertiary/aromatic N) is 2. The molecule has 0 spiro atoms. The summed E-state index contributed by atoms with van der Waals surface area (Å²) in [5.41, 5.74) is 1.69. The van der Waals surface area contributed by atoms with E-state index in [1.165, 1.54) is 0 Å². The van der Waals surface area contributed by atoms with E-state index < -0.39 is 5.92 Å². The molecule has 0 aliphatic rings. The first kappa shape index (κ1) is 8.69. The Labute approximate surface area is 71.3 Å². The van der Waals surface area contributed by atoms with Crippen LogP contribution in [0.5, 0.6) is 0 Å². The van der Waals surface area contributed by atoms with Crippen LogP contribution in [0.4, 0.5) is 0 Å². The fourth-order valence-electron chi connectivity index (χ4n) is 1.01. The molecule has 1 atom stereocenters. The van der Waals surface area contributed by atoms with Gasteiger partial charge < -0.3 is 5.11 Å². The fraction of sp³-hybridized carbons (Fsp3) is 0.333. The number of nitriles is 1. The second-order valence-electron chi connectivity index (χ2n) is 2.59. The highest BCUT2D eigenvalue weighted by molar-refractivity contribution is 5.24. The van der Waals surface area contributed by atoms with Gasteiger partial charge in [0.15, 0.2) is 0 Å². The number of pyridine rings is 1. The number of aliphatic hydroxyl groups is 1. The Morgan fingerprint density at radius 2 is 2.50 bits per heavy atom. The summed E-state index contributed by atoms with van der Waals surface area (Å²) >= 11 is 0. The van der Waals surface area contributed by atoms with Gasteiger partial charge in [0.25, 0.3) is 0 Å². The molecule has 0 aliphatic heterocycles. The average molecular weight is 162 g/mol. The third-order valence-corrected chi connectivity index (χ3v) is 1.66. The van der Waals surface area contributed by atoms with Crippen molar-refractivity contribution in [1.82, 2.24) is 4.98 Å². The van der Waals surface area contributed by atoms with Crippen LogP contribution < -0.4 is 0 Å². The van der Waals surface area contributed by atoms with Crippen molar-refractivity contribution in [2.24, 2.45) is 0 Å². The molecule has 0 bridgehead atoms. The van der Waals surface area contributed by atoms with Crippen LogP contribution in [0.2, 0.25) is 0 Å². The predicted molar refractivity (Wildman–Crippen MR) is 44.4 cm³/mol. The lowest BCUT2D eigenvalue weighted by Gasteiger charge is -2.04. The van der Waals surface area contributed by atoms with Crippen molar-refractivity contribution in [2.45, 2.75) is 12.8 Å². The zero-order valence-electron chi connectivity index (χ0n) is 6.86. The highest BCUT2D eigenvalue weighted by Crippen LogP contribution is 2.13. The Morgan fingerprint density at radius 1 is 1.75 bits per heavy atom. The number of hydrogen-bond acceptors (Lipinski definition) is 3. The molecule has 1 aromatic rings. The molecular formula is C9H10N2O. The maximum atomic E-state index is 8.83. The van der Waals surface area contributed by atoms with E-state index in [0.29, 0.717) is 0 Å². The maximum Gasteiger partial charge on any atom is 0.0944 e. The summed E-state index contributed by atoms with van der Waals surface area (Å²) in [6, 6.07) is 5.57. The lowest BCUT2D eigenvalue weighted by molar-refractivity contribution is 0.286. The average Bonchev–Trinajstić information content (AvgIpc) is 2.07. The summed E-state index contributed by atoms with van der Waals surface area (Å²) in [6.07, 6.45) is 1.64. The number of rotatable bonds is 2. The molecule has 1 rings (SSSR count). The van der Waals surface area contributed by atoms with Crippen LogP contribution in [0.25, 0.3) is 0 Å². The van der Waals surface area contributed by atoms with Gasteiger partial charge in [-0.15, -0.1) is 0 Å². The van der Waals surface area contributed by atoms with Gasteiger partial charge in [0.2, 0.25) is 0 Å². The Hall–Kier alpha value is -1.40. The molecule has 62 valence electrons. The molecule has 3 heteroatoms. The van der Waals surface area contributed by atoms with E-state index in [-0.39, 0.29) is 6.61 Å². The summed E-state index contributed by atoms with van der Waals surface area (Å²) in [6.45, 7) is 1.72. The Bertz CT molecular complexity index is 304. The second kappa shape index (κ2) is 3.84. The molecule has 1 unspecified atom stereocenters. The first-order chi connectivity index (χ1) is 5.77. The zero-order chi connectivity index (χ0) is 8.97.